The smallest absolute Gasteiger partial charge is 0.317 e. The molecule has 146 valence electrons. The number of esters is 1. The Morgan fingerprint density at radius 1 is 1.21 bits per heavy atom. The van der Waals surface area contributed by atoms with Crippen LogP contribution in [-0.2, 0) is 9.53 Å². The van der Waals surface area contributed by atoms with Gasteiger partial charge < -0.3 is 19.5 Å². The summed E-state index contributed by atoms with van der Waals surface area (Å²) >= 11 is 5.71. The predicted octanol–water partition coefficient (Wildman–Crippen LogP) is 3.34. The first kappa shape index (κ1) is 18.6. The van der Waals surface area contributed by atoms with Gasteiger partial charge in [-0.25, -0.2) is 0 Å². The fourth-order valence-electron chi connectivity index (χ4n) is 4.20. The Morgan fingerprint density at radius 2 is 1.96 bits per heavy atom. The number of thiocarbonyl (C=S) groups is 1. The maximum Gasteiger partial charge on any atom is 0.317 e. The summed E-state index contributed by atoms with van der Waals surface area (Å²) < 4.78 is 17.2. The summed E-state index contributed by atoms with van der Waals surface area (Å²) in [5, 5.41) is 3.84. The van der Waals surface area contributed by atoms with Crippen LogP contribution in [0.4, 0.5) is 5.69 Å². The van der Waals surface area contributed by atoms with Gasteiger partial charge in [0, 0.05) is 11.3 Å². The molecule has 0 aromatic heterocycles. The van der Waals surface area contributed by atoms with Crippen molar-refractivity contribution in [2.75, 3.05) is 19.1 Å². The largest absolute Gasteiger partial charge is 0.493 e. The SMILES string of the molecule is COC(=O)[C@H]1[C@H]2NC(=S)N(c3ccccc3C)[C@@]1(C)Oc1c(OC)cccc12. The molecule has 0 spiro atoms. The molecule has 0 unspecified atom stereocenters. The molecule has 3 atom stereocenters. The van der Waals surface area contributed by atoms with E-state index >= 15 is 0 Å². The summed E-state index contributed by atoms with van der Waals surface area (Å²) in [6, 6.07) is 13.1. The first-order valence-electron chi connectivity index (χ1n) is 9.02. The number of hydrogen-bond donors (Lipinski definition) is 1. The van der Waals surface area contributed by atoms with Crippen LogP contribution in [0.3, 0.4) is 0 Å². The summed E-state index contributed by atoms with van der Waals surface area (Å²) in [5.41, 5.74) is 1.62. The number of nitrogens with zero attached hydrogens (tertiary/aromatic N) is 1. The van der Waals surface area contributed by atoms with Crippen LogP contribution in [0.25, 0.3) is 0 Å². The van der Waals surface area contributed by atoms with Crippen LogP contribution in [0.15, 0.2) is 42.5 Å². The van der Waals surface area contributed by atoms with Gasteiger partial charge in [-0.3, -0.25) is 9.69 Å². The molecule has 0 saturated carbocycles. The lowest BCUT2D eigenvalue weighted by atomic mass is 9.79. The molecule has 4 rings (SSSR count). The maximum atomic E-state index is 12.9. The standard InChI is InChI=1S/C21H22N2O4S/c1-12-8-5-6-10-14(12)23-20(28)22-17-13-9-7-11-15(25-3)18(13)27-21(23,2)16(17)19(24)26-4/h5-11,16-17H,1-4H3,(H,22,28)/t16-,17+,21+/m1/s1. The Kier molecular flexibility index (Phi) is 4.42. The second kappa shape index (κ2) is 6.67. The molecule has 1 N–H and O–H groups in total. The van der Waals surface area contributed by atoms with Crippen LogP contribution in [-0.4, -0.2) is 31.0 Å². The first-order chi connectivity index (χ1) is 13.4. The highest BCUT2D eigenvalue weighted by Crippen LogP contribution is 2.52. The van der Waals surface area contributed by atoms with Gasteiger partial charge in [-0.2, -0.15) is 0 Å². The van der Waals surface area contributed by atoms with Crippen molar-refractivity contribution >= 4 is 29.0 Å². The van der Waals surface area contributed by atoms with Gasteiger partial charge in [0.15, 0.2) is 16.6 Å². The number of methoxy groups -OCH3 is 2. The number of nitrogens with one attached hydrogen (secondary N) is 1. The van der Waals surface area contributed by atoms with E-state index in [-0.39, 0.29) is 12.0 Å². The summed E-state index contributed by atoms with van der Waals surface area (Å²) in [5.74, 6) is 0.209. The van der Waals surface area contributed by atoms with Gasteiger partial charge in [-0.15, -0.1) is 0 Å². The normalized spacial score (nSPS) is 25.3. The number of rotatable bonds is 3. The summed E-state index contributed by atoms with van der Waals surface area (Å²) in [6.45, 7) is 3.87. The molecule has 2 aromatic carbocycles. The summed E-state index contributed by atoms with van der Waals surface area (Å²) in [4.78, 5) is 14.7. The topological polar surface area (TPSA) is 60.0 Å². The quantitative estimate of drug-likeness (QED) is 0.629. The lowest BCUT2D eigenvalue weighted by Crippen LogP contribution is -2.71. The highest BCUT2D eigenvalue weighted by molar-refractivity contribution is 7.80. The third-order valence-corrected chi connectivity index (χ3v) is 5.82. The van der Waals surface area contributed by atoms with Crippen molar-refractivity contribution in [2.24, 2.45) is 5.92 Å². The number of fused-ring (bicyclic) bond motifs is 4. The number of aryl methyl sites for hydroxylation is 1. The van der Waals surface area contributed by atoms with Crippen LogP contribution in [0, 0.1) is 12.8 Å². The molecule has 7 heteroatoms. The fraction of sp³-hybridized carbons (Fsp3) is 0.333. The summed E-state index contributed by atoms with van der Waals surface area (Å²) in [7, 11) is 2.99. The van der Waals surface area contributed by atoms with Crippen molar-refractivity contribution in [3.8, 4) is 11.5 Å². The van der Waals surface area contributed by atoms with E-state index in [0.717, 1.165) is 16.8 Å². The Hall–Kier alpha value is -2.80. The summed E-state index contributed by atoms with van der Waals surface area (Å²) in [6.07, 6.45) is 0. The lowest BCUT2D eigenvalue weighted by Gasteiger charge is -2.55. The van der Waals surface area contributed by atoms with Gasteiger partial charge in [0.2, 0.25) is 5.72 Å². The Labute approximate surface area is 169 Å². The van der Waals surface area contributed by atoms with Crippen LogP contribution < -0.4 is 19.7 Å². The number of ether oxygens (including phenoxy) is 3. The highest BCUT2D eigenvalue weighted by atomic mass is 32.1. The van der Waals surface area contributed by atoms with Crippen molar-refractivity contribution in [2.45, 2.75) is 25.6 Å². The van der Waals surface area contributed by atoms with Gasteiger partial charge >= 0.3 is 5.97 Å². The van der Waals surface area contributed by atoms with Crippen molar-refractivity contribution in [1.29, 1.82) is 0 Å². The number of anilines is 1. The lowest BCUT2D eigenvalue weighted by molar-refractivity contribution is -0.157. The molecule has 0 aliphatic carbocycles. The van der Waals surface area contributed by atoms with E-state index < -0.39 is 11.6 Å². The average molecular weight is 398 g/mol. The zero-order valence-corrected chi connectivity index (χ0v) is 17.0. The number of carbonyl (C=O) groups is 1. The van der Waals surface area contributed by atoms with E-state index in [4.69, 9.17) is 26.4 Å². The fourth-order valence-corrected chi connectivity index (χ4v) is 4.60. The molecule has 2 aliphatic heterocycles. The average Bonchev–Trinajstić information content (AvgIpc) is 2.68. The van der Waals surface area contributed by atoms with Gasteiger partial charge in [-0.05, 0) is 43.8 Å². The Morgan fingerprint density at radius 3 is 2.64 bits per heavy atom. The second-order valence-electron chi connectivity index (χ2n) is 7.09. The van der Waals surface area contributed by atoms with E-state index in [1.54, 1.807) is 7.11 Å². The number of hydrogen-bond acceptors (Lipinski definition) is 5. The van der Waals surface area contributed by atoms with Gasteiger partial charge in [0.05, 0.1) is 20.3 Å². The minimum Gasteiger partial charge on any atom is -0.493 e. The molecule has 1 fully saturated rings. The second-order valence-corrected chi connectivity index (χ2v) is 7.47. The van der Waals surface area contributed by atoms with Crippen molar-refractivity contribution in [1.82, 2.24) is 5.32 Å². The van der Waals surface area contributed by atoms with E-state index in [1.807, 2.05) is 61.2 Å². The Balaban J connectivity index is 1.96. The molecular formula is C21H22N2O4S. The monoisotopic (exact) mass is 398 g/mol. The van der Waals surface area contributed by atoms with Crippen LogP contribution >= 0.6 is 12.2 Å². The molecule has 2 heterocycles. The van der Waals surface area contributed by atoms with Gasteiger partial charge in [0.25, 0.3) is 0 Å². The molecular weight excluding hydrogens is 376 g/mol. The number of benzene rings is 2. The van der Waals surface area contributed by atoms with Crippen molar-refractivity contribution in [3.63, 3.8) is 0 Å². The molecule has 6 nitrogen and oxygen atoms in total. The van der Waals surface area contributed by atoms with E-state index in [2.05, 4.69) is 5.32 Å². The molecule has 0 radical (unpaired) electrons. The molecule has 0 amide bonds. The highest BCUT2D eigenvalue weighted by Gasteiger charge is 2.60. The van der Waals surface area contributed by atoms with Crippen molar-refractivity contribution < 1.29 is 19.0 Å². The predicted molar refractivity (Wildman–Crippen MR) is 110 cm³/mol. The maximum absolute atomic E-state index is 12.9. The van der Waals surface area contributed by atoms with E-state index in [9.17, 15) is 4.79 Å². The number of para-hydroxylation sites is 2. The number of carbonyl (C=O) groups excluding carboxylic acids is 1. The van der Waals surface area contributed by atoms with E-state index in [1.165, 1.54) is 7.11 Å². The first-order valence-corrected chi connectivity index (χ1v) is 9.43. The zero-order valence-electron chi connectivity index (χ0n) is 16.2. The van der Waals surface area contributed by atoms with E-state index in [0.29, 0.717) is 16.6 Å². The third-order valence-electron chi connectivity index (χ3n) is 5.52. The third kappa shape index (κ3) is 2.53. The van der Waals surface area contributed by atoms with Gasteiger partial charge in [0.1, 0.15) is 5.92 Å². The Bertz CT molecular complexity index is 963. The van der Waals surface area contributed by atoms with Crippen LogP contribution in [0.1, 0.15) is 24.1 Å². The molecule has 2 bridgehead atoms. The molecule has 2 aliphatic rings. The zero-order chi connectivity index (χ0) is 20.1. The molecule has 1 saturated heterocycles. The van der Waals surface area contributed by atoms with Gasteiger partial charge in [-0.1, -0.05) is 30.3 Å². The minimum atomic E-state index is -1.09. The van der Waals surface area contributed by atoms with Crippen molar-refractivity contribution in [3.05, 3.63) is 53.6 Å². The molecule has 28 heavy (non-hydrogen) atoms. The van der Waals surface area contributed by atoms with Crippen LogP contribution in [0.2, 0.25) is 0 Å². The minimum absolute atomic E-state index is 0.366. The molecule has 2 aromatic rings. The van der Waals surface area contributed by atoms with Crippen LogP contribution in [0.5, 0.6) is 11.5 Å².